The molecule has 0 bridgehead atoms. The number of ether oxygens (including phenoxy) is 1. The minimum absolute atomic E-state index is 0.0291. The van der Waals surface area contributed by atoms with Crippen LogP contribution < -0.4 is 30.5 Å². The number of nitrogens with zero attached hydrogens (tertiary/aromatic N) is 4. The van der Waals surface area contributed by atoms with E-state index in [1.807, 2.05) is 32.0 Å². The second kappa shape index (κ2) is 17.4. The van der Waals surface area contributed by atoms with Crippen molar-refractivity contribution >= 4 is 75.3 Å². The maximum absolute atomic E-state index is 14.0. The molecule has 0 radical (unpaired) electrons. The first-order valence-electron chi connectivity index (χ1n) is 20.1. The third kappa shape index (κ3) is 8.66. The van der Waals surface area contributed by atoms with E-state index in [0.29, 0.717) is 66.0 Å². The van der Waals surface area contributed by atoms with Crippen molar-refractivity contribution in [3.63, 3.8) is 0 Å². The van der Waals surface area contributed by atoms with Crippen molar-refractivity contribution < 1.29 is 37.1 Å². The Balaban J connectivity index is 0.928. The molecule has 4 aliphatic rings. The number of carbonyl (C=O) groups is 4. The Labute approximate surface area is 356 Å². The van der Waals surface area contributed by atoms with Crippen LogP contribution in [0.15, 0.2) is 54.6 Å². The largest absolute Gasteiger partial charge is 0.493 e. The highest BCUT2D eigenvalue weighted by Crippen LogP contribution is 2.49. The fraction of sp³-hybridized carbons (Fsp3) is 0.442. The van der Waals surface area contributed by atoms with E-state index in [0.717, 1.165) is 56.5 Å². The first-order chi connectivity index (χ1) is 28.6. The van der Waals surface area contributed by atoms with Crippen molar-refractivity contribution in [2.24, 2.45) is 5.92 Å². The van der Waals surface area contributed by atoms with Crippen LogP contribution in [-0.2, 0) is 31.8 Å². The Morgan fingerprint density at radius 3 is 2.42 bits per heavy atom. The summed E-state index contributed by atoms with van der Waals surface area (Å²) >= 11 is 12.2. The molecule has 3 saturated heterocycles. The Morgan fingerprint density at radius 2 is 1.77 bits per heavy atom. The molecular formula is C43H45ClF3N7O5S. The highest BCUT2D eigenvalue weighted by molar-refractivity contribution is 7.81. The van der Waals surface area contributed by atoms with Crippen molar-refractivity contribution in [3.05, 3.63) is 76.3 Å². The molecule has 4 fully saturated rings. The number of benzene rings is 3. The molecule has 2 atom stereocenters. The average molecular weight is 864 g/mol. The maximum atomic E-state index is 14.0. The third-order valence-corrected chi connectivity index (χ3v) is 12.7. The SMILES string of the molecule is CCc1cc(N2C(=S)N(c3ccc(C#N)c(C(F)(F)F)c3)C(=O)C23CCC3)ccc1OCCC1CCN([C@H](C)C(=O)Nc2cc(Cl)cc(NC3CCC(=O)NC3=O)c2)CC1. The van der Waals surface area contributed by atoms with Gasteiger partial charge < -0.3 is 20.3 Å². The molecule has 3 aromatic carbocycles. The van der Waals surface area contributed by atoms with Gasteiger partial charge in [-0.3, -0.25) is 34.3 Å². The maximum Gasteiger partial charge on any atom is 0.417 e. The van der Waals surface area contributed by atoms with Gasteiger partial charge in [0.15, 0.2) is 5.11 Å². The molecule has 1 unspecified atom stereocenters. The van der Waals surface area contributed by atoms with Crippen molar-refractivity contribution in [2.75, 3.05) is 40.1 Å². The van der Waals surface area contributed by atoms with E-state index in [2.05, 4.69) is 20.9 Å². The molecule has 1 aliphatic carbocycles. The summed E-state index contributed by atoms with van der Waals surface area (Å²) in [7, 11) is 0. The number of alkyl halides is 3. The summed E-state index contributed by atoms with van der Waals surface area (Å²) in [5.41, 5.74) is -0.0643. The molecule has 60 heavy (non-hydrogen) atoms. The number of piperidine rings is 2. The van der Waals surface area contributed by atoms with Crippen molar-refractivity contribution in [2.45, 2.75) is 95.4 Å². The molecule has 3 N–H and O–H groups in total. The number of hydrogen-bond donors (Lipinski definition) is 3. The highest BCUT2D eigenvalue weighted by atomic mass is 35.5. The van der Waals surface area contributed by atoms with E-state index in [4.69, 9.17) is 28.6 Å². The van der Waals surface area contributed by atoms with Crippen LogP contribution in [0.5, 0.6) is 5.75 Å². The third-order valence-electron chi connectivity index (χ3n) is 12.1. The van der Waals surface area contributed by atoms with E-state index in [1.165, 1.54) is 11.0 Å². The fourth-order valence-electron chi connectivity index (χ4n) is 8.49. The number of rotatable bonds is 12. The van der Waals surface area contributed by atoms with Gasteiger partial charge in [-0.2, -0.15) is 18.4 Å². The lowest BCUT2D eigenvalue weighted by atomic mass is 9.75. The number of carbonyl (C=O) groups excluding carboxylic acids is 4. The van der Waals surface area contributed by atoms with E-state index >= 15 is 0 Å². The molecule has 3 heterocycles. The molecule has 7 rings (SSSR count). The summed E-state index contributed by atoms with van der Waals surface area (Å²) < 4.78 is 47.9. The van der Waals surface area contributed by atoms with Gasteiger partial charge in [0, 0.05) is 28.5 Å². The normalized spacial score (nSPS) is 20.1. The molecule has 4 amide bonds. The van der Waals surface area contributed by atoms with E-state index < -0.39 is 40.8 Å². The zero-order valence-electron chi connectivity index (χ0n) is 33.2. The van der Waals surface area contributed by atoms with Gasteiger partial charge in [-0.05, 0) is 150 Å². The number of anilines is 4. The van der Waals surface area contributed by atoms with Crippen molar-refractivity contribution in [3.8, 4) is 11.8 Å². The molecule has 1 spiro atoms. The monoisotopic (exact) mass is 863 g/mol. The zero-order chi connectivity index (χ0) is 42.9. The summed E-state index contributed by atoms with van der Waals surface area (Å²) in [5, 5.41) is 18.1. The molecular weight excluding hydrogens is 819 g/mol. The van der Waals surface area contributed by atoms with Gasteiger partial charge in [0.05, 0.1) is 35.5 Å². The summed E-state index contributed by atoms with van der Waals surface area (Å²) in [6, 6.07) is 14.5. The first kappa shape index (κ1) is 42.9. The lowest BCUT2D eigenvalue weighted by Gasteiger charge is -2.43. The van der Waals surface area contributed by atoms with Crippen molar-refractivity contribution in [1.82, 2.24) is 10.2 Å². The van der Waals surface area contributed by atoms with E-state index in [1.54, 1.807) is 29.2 Å². The standard InChI is InChI=1S/C43H45ClF3N7O5S/c1-3-27-19-33(54-41(60)53(40(58)42(54)14-4-15-42)32-6-5-28(24-48)34(23-32)43(45,46)47)7-9-36(27)59-18-13-26-11-16-52(17-12-26)25(2)38(56)50-31-21-29(44)20-30(22-31)49-35-8-10-37(55)51-39(35)57/h5-7,9,19-23,25-26,35,49H,3-4,8,10-18H2,1-2H3,(H,50,56)(H,51,55,57)/t25-,35?/m1/s1. The molecule has 12 nitrogen and oxygen atoms in total. The van der Waals surface area contributed by atoms with E-state index in [9.17, 15) is 37.6 Å². The Bertz CT molecular complexity index is 2260. The predicted octanol–water partition coefficient (Wildman–Crippen LogP) is 7.58. The lowest BCUT2D eigenvalue weighted by molar-refractivity contribution is -0.138. The number of thiocarbonyl (C=S) groups is 1. The number of nitriles is 1. The van der Waals surface area contributed by atoms with Gasteiger partial charge in [-0.1, -0.05) is 18.5 Å². The number of imide groups is 1. The summed E-state index contributed by atoms with van der Waals surface area (Å²) in [5.74, 6) is -0.167. The van der Waals surface area contributed by atoms with Gasteiger partial charge in [0.1, 0.15) is 17.3 Å². The van der Waals surface area contributed by atoms with Crippen LogP contribution >= 0.6 is 23.8 Å². The molecule has 17 heteroatoms. The van der Waals surface area contributed by atoms with Gasteiger partial charge in [0.2, 0.25) is 17.7 Å². The van der Waals surface area contributed by atoms with Crippen LogP contribution in [0.3, 0.4) is 0 Å². The number of aryl methyl sites for hydroxylation is 1. The van der Waals surface area contributed by atoms with Crippen LogP contribution in [-0.4, -0.2) is 71.0 Å². The second-order valence-corrected chi connectivity index (χ2v) is 16.6. The number of amides is 4. The smallest absolute Gasteiger partial charge is 0.417 e. The quantitative estimate of drug-likeness (QED) is 0.123. The Hall–Kier alpha value is -5.24. The molecule has 3 aliphatic heterocycles. The van der Waals surface area contributed by atoms with E-state index in [-0.39, 0.29) is 34.9 Å². The second-order valence-electron chi connectivity index (χ2n) is 15.8. The number of halogens is 4. The summed E-state index contributed by atoms with van der Waals surface area (Å²) in [4.78, 5) is 56.1. The van der Waals surface area contributed by atoms with Gasteiger partial charge >= 0.3 is 6.18 Å². The average Bonchev–Trinajstić information content (AvgIpc) is 3.44. The first-order valence-corrected chi connectivity index (χ1v) is 20.9. The molecule has 1 saturated carbocycles. The van der Waals surface area contributed by atoms with Crippen LogP contribution in [0.1, 0.15) is 81.9 Å². The molecule has 0 aromatic heterocycles. The Morgan fingerprint density at radius 1 is 1.05 bits per heavy atom. The lowest BCUT2D eigenvalue weighted by Crippen LogP contribution is -2.55. The summed E-state index contributed by atoms with van der Waals surface area (Å²) in [6.07, 6.45) is 0.803. The number of nitrogens with one attached hydrogen (secondary N) is 3. The topological polar surface area (TPSA) is 147 Å². The van der Waals surface area contributed by atoms with Crippen LogP contribution in [0.25, 0.3) is 0 Å². The van der Waals surface area contributed by atoms with Crippen LogP contribution in [0, 0.1) is 17.2 Å². The summed E-state index contributed by atoms with van der Waals surface area (Å²) in [6.45, 7) is 5.82. The zero-order valence-corrected chi connectivity index (χ0v) is 34.7. The fourth-order valence-corrected chi connectivity index (χ4v) is 9.19. The highest BCUT2D eigenvalue weighted by Gasteiger charge is 2.59. The van der Waals surface area contributed by atoms with Crippen LogP contribution in [0.4, 0.5) is 35.9 Å². The van der Waals surface area contributed by atoms with Gasteiger partial charge in [-0.25, -0.2) is 0 Å². The minimum atomic E-state index is -4.78. The van der Waals surface area contributed by atoms with Gasteiger partial charge in [0.25, 0.3) is 5.91 Å². The number of hydrogen-bond acceptors (Lipinski definition) is 9. The minimum Gasteiger partial charge on any atom is -0.493 e. The molecule has 316 valence electrons. The predicted molar refractivity (Wildman–Crippen MR) is 225 cm³/mol. The van der Waals surface area contributed by atoms with Crippen molar-refractivity contribution in [1.29, 1.82) is 5.26 Å². The molecule has 3 aromatic rings. The number of likely N-dealkylation sites (tertiary alicyclic amines) is 1. The Kier molecular flexibility index (Phi) is 12.4. The van der Waals surface area contributed by atoms with Crippen LogP contribution in [0.2, 0.25) is 5.02 Å². The van der Waals surface area contributed by atoms with Gasteiger partial charge in [-0.15, -0.1) is 0 Å².